The molecule has 1 N–H and O–H groups in total. The van der Waals surface area contributed by atoms with Crippen LogP contribution < -0.4 is 5.32 Å². The molecule has 0 radical (unpaired) electrons. The number of likely N-dealkylation sites (N-methyl/N-ethyl adjacent to an activating group) is 1. The average Bonchev–Trinajstić information content (AvgIpc) is 3.10. The molecular formula is C19H40IN5O. The zero-order chi connectivity index (χ0) is 18.1. The van der Waals surface area contributed by atoms with E-state index in [4.69, 9.17) is 9.73 Å². The predicted molar refractivity (Wildman–Crippen MR) is 121 cm³/mol. The van der Waals surface area contributed by atoms with Gasteiger partial charge in [-0.15, -0.1) is 24.0 Å². The summed E-state index contributed by atoms with van der Waals surface area (Å²) in [5, 5.41) is 3.50. The number of hydrogen-bond donors (Lipinski definition) is 1. The summed E-state index contributed by atoms with van der Waals surface area (Å²) >= 11 is 0. The Morgan fingerprint density at radius 3 is 2.50 bits per heavy atom. The molecule has 2 unspecified atom stereocenters. The van der Waals surface area contributed by atoms with Crippen LogP contribution in [0, 0.1) is 5.92 Å². The van der Waals surface area contributed by atoms with Gasteiger partial charge < -0.3 is 15.0 Å². The summed E-state index contributed by atoms with van der Waals surface area (Å²) in [6, 6.07) is 0.671. The molecule has 7 heteroatoms. The monoisotopic (exact) mass is 481 g/mol. The lowest BCUT2D eigenvalue weighted by atomic mass is 10.1. The van der Waals surface area contributed by atoms with Crippen LogP contribution in [0.3, 0.4) is 0 Å². The van der Waals surface area contributed by atoms with Gasteiger partial charge in [0.25, 0.3) is 0 Å². The number of likely N-dealkylation sites (tertiary alicyclic amines) is 1. The number of guanidine groups is 1. The Hall–Kier alpha value is -0.120. The summed E-state index contributed by atoms with van der Waals surface area (Å²) in [5.41, 5.74) is 0. The van der Waals surface area contributed by atoms with E-state index in [1.165, 1.54) is 6.42 Å². The van der Waals surface area contributed by atoms with Crippen LogP contribution in [0.4, 0.5) is 0 Å². The van der Waals surface area contributed by atoms with Crippen molar-refractivity contribution in [3.63, 3.8) is 0 Å². The number of aliphatic imine (C=N–C) groups is 1. The van der Waals surface area contributed by atoms with Gasteiger partial charge in [0.05, 0.1) is 13.2 Å². The third-order valence-electron chi connectivity index (χ3n) is 5.35. The molecule has 2 aliphatic heterocycles. The van der Waals surface area contributed by atoms with E-state index in [9.17, 15) is 0 Å². The van der Waals surface area contributed by atoms with Gasteiger partial charge in [0.15, 0.2) is 5.96 Å². The number of ether oxygens (including phenoxy) is 1. The summed E-state index contributed by atoms with van der Waals surface area (Å²) in [6.45, 7) is 20.3. The SMILES string of the molecule is CCNC(=NCC(C)CN1CCOCC1)N1CCC(N(CC)CC)C1.I. The molecule has 26 heavy (non-hydrogen) atoms. The molecule has 0 aromatic carbocycles. The first-order valence-electron chi connectivity index (χ1n) is 10.2. The topological polar surface area (TPSA) is 43.3 Å². The fraction of sp³-hybridized carbons (Fsp3) is 0.947. The Labute approximate surface area is 177 Å². The minimum atomic E-state index is 0. The summed E-state index contributed by atoms with van der Waals surface area (Å²) in [7, 11) is 0. The molecule has 2 rings (SSSR count). The van der Waals surface area contributed by atoms with Gasteiger partial charge >= 0.3 is 0 Å². The van der Waals surface area contributed by atoms with Gasteiger partial charge in [-0.05, 0) is 32.4 Å². The van der Waals surface area contributed by atoms with Crippen molar-refractivity contribution in [1.82, 2.24) is 20.0 Å². The maximum atomic E-state index is 5.44. The Kier molecular flexibility index (Phi) is 12.1. The van der Waals surface area contributed by atoms with E-state index in [0.29, 0.717) is 12.0 Å². The second-order valence-corrected chi connectivity index (χ2v) is 7.32. The summed E-state index contributed by atoms with van der Waals surface area (Å²) < 4.78 is 5.44. The third kappa shape index (κ3) is 7.48. The maximum absolute atomic E-state index is 5.44. The van der Waals surface area contributed by atoms with Crippen molar-refractivity contribution >= 4 is 29.9 Å². The molecule has 2 aliphatic rings. The van der Waals surface area contributed by atoms with Gasteiger partial charge in [-0.25, -0.2) is 0 Å². The average molecular weight is 481 g/mol. The Bertz CT molecular complexity index is 399. The number of rotatable bonds is 8. The normalized spacial score (nSPS) is 23.2. The fourth-order valence-electron chi connectivity index (χ4n) is 3.92. The quantitative estimate of drug-likeness (QED) is 0.326. The molecule has 6 nitrogen and oxygen atoms in total. The molecular weight excluding hydrogens is 441 g/mol. The van der Waals surface area contributed by atoms with Crippen LogP contribution in [0.2, 0.25) is 0 Å². The van der Waals surface area contributed by atoms with Crippen LogP contribution in [0.15, 0.2) is 4.99 Å². The number of halogens is 1. The Morgan fingerprint density at radius 1 is 1.19 bits per heavy atom. The molecule has 2 atom stereocenters. The predicted octanol–water partition coefficient (Wildman–Crippen LogP) is 1.95. The van der Waals surface area contributed by atoms with Crippen molar-refractivity contribution in [3.05, 3.63) is 0 Å². The zero-order valence-electron chi connectivity index (χ0n) is 17.2. The van der Waals surface area contributed by atoms with Crippen LogP contribution in [0.25, 0.3) is 0 Å². The summed E-state index contributed by atoms with van der Waals surface area (Å²) in [6.07, 6.45) is 1.25. The zero-order valence-corrected chi connectivity index (χ0v) is 19.6. The lowest BCUT2D eigenvalue weighted by Crippen LogP contribution is -2.43. The molecule has 2 fully saturated rings. The highest BCUT2D eigenvalue weighted by molar-refractivity contribution is 14.0. The molecule has 0 saturated carbocycles. The third-order valence-corrected chi connectivity index (χ3v) is 5.35. The van der Waals surface area contributed by atoms with Crippen LogP contribution in [0.1, 0.15) is 34.1 Å². The fourth-order valence-corrected chi connectivity index (χ4v) is 3.92. The van der Waals surface area contributed by atoms with Crippen molar-refractivity contribution in [2.45, 2.75) is 40.2 Å². The lowest BCUT2D eigenvalue weighted by molar-refractivity contribution is 0.0323. The Balaban J connectivity index is 0.00000338. The van der Waals surface area contributed by atoms with E-state index in [-0.39, 0.29) is 24.0 Å². The molecule has 0 aliphatic carbocycles. The number of hydrogen-bond acceptors (Lipinski definition) is 4. The highest BCUT2D eigenvalue weighted by Gasteiger charge is 2.28. The molecule has 0 bridgehead atoms. The largest absolute Gasteiger partial charge is 0.379 e. The van der Waals surface area contributed by atoms with Crippen molar-refractivity contribution in [1.29, 1.82) is 0 Å². The molecule has 0 amide bonds. The summed E-state index contributed by atoms with van der Waals surface area (Å²) in [4.78, 5) is 12.5. The molecule has 0 spiro atoms. The van der Waals surface area contributed by atoms with Crippen LogP contribution in [-0.2, 0) is 4.74 Å². The van der Waals surface area contributed by atoms with Crippen molar-refractivity contribution in [2.75, 3.05) is 72.1 Å². The number of nitrogens with one attached hydrogen (secondary N) is 1. The van der Waals surface area contributed by atoms with E-state index in [1.54, 1.807) is 0 Å². The van der Waals surface area contributed by atoms with Crippen LogP contribution in [-0.4, -0.2) is 98.8 Å². The molecule has 0 aromatic heterocycles. The summed E-state index contributed by atoms with van der Waals surface area (Å²) in [5.74, 6) is 1.68. The second kappa shape index (κ2) is 13.1. The van der Waals surface area contributed by atoms with E-state index >= 15 is 0 Å². The number of nitrogens with zero attached hydrogens (tertiary/aromatic N) is 4. The van der Waals surface area contributed by atoms with Crippen LogP contribution >= 0.6 is 24.0 Å². The first kappa shape index (κ1) is 23.9. The maximum Gasteiger partial charge on any atom is 0.193 e. The first-order valence-corrected chi connectivity index (χ1v) is 10.2. The molecule has 154 valence electrons. The smallest absolute Gasteiger partial charge is 0.193 e. The Morgan fingerprint density at radius 2 is 1.88 bits per heavy atom. The molecule has 0 aromatic rings. The highest BCUT2D eigenvalue weighted by atomic mass is 127. The van der Waals surface area contributed by atoms with E-state index in [0.717, 1.165) is 78.1 Å². The van der Waals surface area contributed by atoms with Gasteiger partial charge in [-0.1, -0.05) is 20.8 Å². The first-order chi connectivity index (χ1) is 12.2. The second-order valence-electron chi connectivity index (χ2n) is 7.32. The van der Waals surface area contributed by atoms with Gasteiger partial charge in [-0.3, -0.25) is 14.8 Å². The van der Waals surface area contributed by atoms with Gasteiger partial charge in [0, 0.05) is 51.9 Å². The van der Waals surface area contributed by atoms with Gasteiger partial charge in [0.1, 0.15) is 0 Å². The minimum Gasteiger partial charge on any atom is -0.379 e. The van der Waals surface area contributed by atoms with Gasteiger partial charge in [-0.2, -0.15) is 0 Å². The van der Waals surface area contributed by atoms with E-state index in [1.807, 2.05) is 0 Å². The molecule has 2 heterocycles. The van der Waals surface area contributed by atoms with Gasteiger partial charge in [0.2, 0.25) is 0 Å². The van der Waals surface area contributed by atoms with Crippen molar-refractivity contribution < 1.29 is 4.74 Å². The van der Waals surface area contributed by atoms with Crippen LogP contribution in [0.5, 0.6) is 0 Å². The highest BCUT2D eigenvalue weighted by Crippen LogP contribution is 2.16. The van der Waals surface area contributed by atoms with Crippen molar-refractivity contribution in [3.8, 4) is 0 Å². The van der Waals surface area contributed by atoms with Crippen molar-refractivity contribution in [2.24, 2.45) is 10.9 Å². The minimum absolute atomic E-state index is 0. The van der Waals surface area contributed by atoms with E-state index in [2.05, 4.69) is 47.7 Å². The lowest BCUT2D eigenvalue weighted by Gasteiger charge is -2.29. The number of morpholine rings is 1. The van der Waals surface area contributed by atoms with E-state index < -0.39 is 0 Å². The molecule has 2 saturated heterocycles. The standard InChI is InChI=1S/C19H39N5O.HI/c1-5-20-19(24-9-8-18(16-24)23(6-2)7-3)21-14-17(4)15-22-10-12-25-13-11-22;/h17-18H,5-16H2,1-4H3,(H,20,21);1H.